The van der Waals surface area contributed by atoms with E-state index in [1.54, 1.807) is 32.7 Å². The topological polar surface area (TPSA) is 69.7 Å². The van der Waals surface area contributed by atoms with Crippen molar-refractivity contribution in [1.82, 2.24) is 10.3 Å². The van der Waals surface area contributed by atoms with Gasteiger partial charge in [0.25, 0.3) is 0 Å². The van der Waals surface area contributed by atoms with Crippen molar-refractivity contribution in [3.63, 3.8) is 0 Å². The van der Waals surface area contributed by atoms with E-state index in [-0.39, 0.29) is 5.91 Å². The van der Waals surface area contributed by atoms with Crippen LogP contribution in [0, 0.1) is 0 Å². The van der Waals surface area contributed by atoms with Crippen LogP contribution in [0.1, 0.15) is 16.7 Å². The van der Waals surface area contributed by atoms with E-state index in [4.69, 9.17) is 14.2 Å². The minimum Gasteiger partial charge on any atom is -0.496 e. The van der Waals surface area contributed by atoms with E-state index in [0.717, 1.165) is 16.7 Å². The van der Waals surface area contributed by atoms with Crippen molar-refractivity contribution in [2.45, 2.75) is 13.2 Å². The first-order valence-corrected chi connectivity index (χ1v) is 9.47. The molecule has 0 saturated heterocycles. The van der Waals surface area contributed by atoms with Crippen LogP contribution in [0.15, 0.2) is 73.1 Å². The number of carbonyl (C=O) groups excluding carboxylic acids is 1. The highest BCUT2D eigenvalue weighted by atomic mass is 16.5. The molecule has 1 N–H and O–H groups in total. The zero-order valence-electron chi connectivity index (χ0n) is 17.0. The van der Waals surface area contributed by atoms with Gasteiger partial charge in [0.15, 0.2) is 11.5 Å². The molecule has 6 nitrogen and oxygen atoms in total. The summed E-state index contributed by atoms with van der Waals surface area (Å²) < 4.78 is 16.6. The van der Waals surface area contributed by atoms with Gasteiger partial charge in [0.05, 0.1) is 14.2 Å². The summed E-state index contributed by atoms with van der Waals surface area (Å²) in [5.74, 6) is 1.77. The molecule has 0 aliphatic heterocycles. The molecule has 154 valence electrons. The first-order valence-electron chi connectivity index (χ1n) is 9.47. The average molecular weight is 404 g/mol. The Bertz CT molecular complexity index is 1000. The number of benzene rings is 2. The number of ether oxygens (including phenoxy) is 3. The van der Waals surface area contributed by atoms with Crippen LogP contribution in [0.2, 0.25) is 0 Å². The van der Waals surface area contributed by atoms with Gasteiger partial charge in [0.1, 0.15) is 12.4 Å². The van der Waals surface area contributed by atoms with Crippen LogP contribution in [-0.4, -0.2) is 25.1 Å². The molecule has 0 aliphatic carbocycles. The van der Waals surface area contributed by atoms with Gasteiger partial charge in [-0.1, -0.05) is 24.3 Å². The molecule has 0 saturated carbocycles. The fourth-order valence-corrected chi connectivity index (χ4v) is 2.80. The maximum Gasteiger partial charge on any atom is 0.244 e. The van der Waals surface area contributed by atoms with Gasteiger partial charge in [0.2, 0.25) is 5.91 Å². The smallest absolute Gasteiger partial charge is 0.244 e. The number of aromatic nitrogens is 1. The summed E-state index contributed by atoms with van der Waals surface area (Å²) in [4.78, 5) is 16.2. The molecule has 0 aliphatic rings. The standard InChI is InChI=1S/C24H24N2O4/c1-28-21-6-4-3-5-20(21)8-10-24(27)26-16-19-7-9-22(23(15-19)29-2)30-17-18-11-13-25-14-12-18/h3-15H,16-17H2,1-2H3,(H,26,27). The molecule has 1 heterocycles. The van der Waals surface area contributed by atoms with Gasteiger partial charge in [-0.15, -0.1) is 0 Å². The molecule has 0 spiro atoms. The molecule has 3 aromatic rings. The molecule has 0 bridgehead atoms. The number of nitrogens with one attached hydrogen (secondary N) is 1. The third-order valence-corrected chi connectivity index (χ3v) is 4.39. The Balaban J connectivity index is 1.57. The normalized spacial score (nSPS) is 10.6. The molecule has 1 aromatic heterocycles. The van der Waals surface area contributed by atoms with E-state index in [0.29, 0.717) is 30.4 Å². The van der Waals surface area contributed by atoms with Gasteiger partial charge in [-0.2, -0.15) is 0 Å². The van der Waals surface area contributed by atoms with Crippen molar-refractivity contribution in [3.8, 4) is 17.2 Å². The minimum absolute atomic E-state index is 0.196. The van der Waals surface area contributed by atoms with Crippen molar-refractivity contribution < 1.29 is 19.0 Å². The zero-order valence-corrected chi connectivity index (χ0v) is 17.0. The van der Waals surface area contributed by atoms with Gasteiger partial charge in [0, 0.05) is 30.6 Å². The van der Waals surface area contributed by atoms with Crippen LogP contribution in [0.3, 0.4) is 0 Å². The Morgan fingerprint density at radius 2 is 1.70 bits per heavy atom. The lowest BCUT2D eigenvalue weighted by Crippen LogP contribution is -2.20. The summed E-state index contributed by atoms with van der Waals surface area (Å²) in [6.45, 7) is 0.790. The van der Waals surface area contributed by atoms with Crippen molar-refractivity contribution in [3.05, 3.63) is 89.8 Å². The number of carbonyl (C=O) groups is 1. The van der Waals surface area contributed by atoms with E-state index in [1.807, 2.05) is 54.6 Å². The van der Waals surface area contributed by atoms with Gasteiger partial charge in [-0.05, 0) is 47.5 Å². The summed E-state index contributed by atoms with van der Waals surface area (Å²) in [5.41, 5.74) is 2.76. The summed E-state index contributed by atoms with van der Waals surface area (Å²) in [6.07, 6.45) is 6.67. The maximum absolute atomic E-state index is 12.2. The van der Waals surface area contributed by atoms with Crippen molar-refractivity contribution in [1.29, 1.82) is 0 Å². The highest BCUT2D eigenvalue weighted by molar-refractivity contribution is 5.92. The van der Waals surface area contributed by atoms with Crippen molar-refractivity contribution in [2.75, 3.05) is 14.2 Å². The molecule has 3 rings (SSSR count). The van der Waals surface area contributed by atoms with Gasteiger partial charge < -0.3 is 19.5 Å². The van der Waals surface area contributed by atoms with Crippen LogP contribution in [0.4, 0.5) is 0 Å². The van der Waals surface area contributed by atoms with E-state index >= 15 is 0 Å². The lowest BCUT2D eigenvalue weighted by atomic mass is 10.2. The second kappa shape index (κ2) is 10.7. The van der Waals surface area contributed by atoms with Crippen LogP contribution < -0.4 is 19.5 Å². The zero-order chi connectivity index (χ0) is 21.2. The number of hydrogen-bond acceptors (Lipinski definition) is 5. The number of methoxy groups -OCH3 is 2. The number of amides is 1. The van der Waals surface area contributed by atoms with Crippen molar-refractivity contribution in [2.24, 2.45) is 0 Å². The third-order valence-electron chi connectivity index (χ3n) is 4.39. The lowest BCUT2D eigenvalue weighted by molar-refractivity contribution is -0.116. The van der Waals surface area contributed by atoms with E-state index in [2.05, 4.69) is 10.3 Å². The molecule has 2 aromatic carbocycles. The predicted molar refractivity (Wildman–Crippen MR) is 115 cm³/mol. The second-order valence-corrected chi connectivity index (χ2v) is 6.42. The van der Waals surface area contributed by atoms with E-state index < -0.39 is 0 Å². The molecular formula is C24H24N2O4. The van der Waals surface area contributed by atoms with Crippen LogP contribution in [0.25, 0.3) is 6.08 Å². The monoisotopic (exact) mass is 404 g/mol. The SMILES string of the molecule is COc1ccccc1C=CC(=O)NCc1ccc(OCc2ccncc2)c(OC)c1. The van der Waals surface area contributed by atoms with Crippen LogP contribution >= 0.6 is 0 Å². The Morgan fingerprint density at radius 3 is 2.47 bits per heavy atom. The average Bonchev–Trinajstić information content (AvgIpc) is 2.81. The first kappa shape index (κ1) is 20.9. The molecule has 1 amide bonds. The number of para-hydroxylation sites is 1. The van der Waals surface area contributed by atoms with Gasteiger partial charge in [-0.3, -0.25) is 9.78 Å². The summed E-state index contributed by atoms with van der Waals surface area (Å²) in [6, 6.07) is 16.9. The first-order chi connectivity index (χ1) is 14.7. The molecule has 0 radical (unpaired) electrons. The Morgan fingerprint density at radius 1 is 0.933 bits per heavy atom. The molecule has 6 heteroatoms. The van der Waals surface area contributed by atoms with E-state index in [9.17, 15) is 4.79 Å². The molecule has 0 atom stereocenters. The Hall–Kier alpha value is -3.80. The van der Waals surface area contributed by atoms with Crippen LogP contribution in [-0.2, 0) is 17.9 Å². The van der Waals surface area contributed by atoms with Gasteiger partial charge >= 0.3 is 0 Å². The Kier molecular flexibility index (Phi) is 7.44. The fraction of sp³-hybridized carbons (Fsp3) is 0.167. The number of pyridine rings is 1. The second-order valence-electron chi connectivity index (χ2n) is 6.42. The van der Waals surface area contributed by atoms with Crippen molar-refractivity contribution >= 4 is 12.0 Å². The number of nitrogens with zero attached hydrogens (tertiary/aromatic N) is 1. The highest BCUT2D eigenvalue weighted by Gasteiger charge is 2.07. The maximum atomic E-state index is 12.2. The number of rotatable bonds is 9. The molecular weight excluding hydrogens is 380 g/mol. The summed E-state index contributed by atoms with van der Waals surface area (Å²) in [5, 5.41) is 2.87. The van der Waals surface area contributed by atoms with Gasteiger partial charge in [-0.25, -0.2) is 0 Å². The predicted octanol–water partition coefficient (Wildman–Crippen LogP) is 4.01. The highest BCUT2D eigenvalue weighted by Crippen LogP contribution is 2.28. The summed E-state index contributed by atoms with van der Waals surface area (Å²) >= 11 is 0. The largest absolute Gasteiger partial charge is 0.496 e. The minimum atomic E-state index is -0.196. The fourth-order valence-electron chi connectivity index (χ4n) is 2.80. The lowest BCUT2D eigenvalue weighted by Gasteiger charge is -2.12. The summed E-state index contributed by atoms with van der Waals surface area (Å²) in [7, 11) is 3.19. The Labute approximate surface area is 176 Å². The van der Waals surface area contributed by atoms with Crippen LogP contribution in [0.5, 0.6) is 17.2 Å². The third kappa shape index (κ3) is 5.85. The number of hydrogen-bond donors (Lipinski definition) is 1. The molecule has 0 unspecified atom stereocenters. The quantitative estimate of drug-likeness (QED) is 0.546. The molecule has 30 heavy (non-hydrogen) atoms. The molecule has 0 fully saturated rings. The van der Waals surface area contributed by atoms with E-state index in [1.165, 1.54) is 6.08 Å².